The van der Waals surface area contributed by atoms with Crippen molar-refractivity contribution < 1.29 is 9.47 Å². The lowest BCUT2D eigenvalue weighted by Gasteiger charge is -2.15. The molecule has 3 aromatic rings. The van der Waals surface area contributed by atoms with Gasteiger partial charge in [-0.1, -0.05) is 140 Å². The quantitative estimate of drug-likeness (QED) is 0.210. The summed E-state index contributed by atoms with van der Waals surface area (Å²) in [5.74, 6) is 2.69. The number of ether oxygens (including phenoxy) is 2. The van der Waals surface area contributed by atoms with Crippen LogP contribution in [0, 0.1) is 19.8 Å². The molecule has 0 N–H and O–H groups in total. The third-order valence-corrected chi connectivity index (χ3v) is 6.15. The number of hydrogen-bond donors (Lipinski definition) is 0. The minimum atomic E-state index is 0. The molecule has 0 amide bonds. The van der Waals surface area contributed by atoms with E-state index < -0.39 is 0 Å². The molecule has 1 saturated carbocycles. The maximum atomic E-state index is 5.49. The van der Waals surface area contributed by atoms with Gasteiger partial charge in [0.25, 0.3) is 0 Å². The molecule has 0 bridgehead atoms. The zero-order valence-corrected chi connectivity index (χ0v) is 31.9. The van der Waals surface area contributed by atoms with Crippen molar-refractivity contribution in [2.24, 2.45) is 5.92 Å². The minimum Gasteiger partial charge on any atom is -0.496 e. The molecule has 4 rings (SSSR count). The molecule has 3 atom stereocenters. The van der Waals surface area contributed by atoms with Gasteiger partial charge in [-0.05, 0) is 62.0 Å². The summed E-state index contributed by atoms with van der Waals surface area (Å²) in [5, 5.41) is 1.27. The van der Waals surface area contributed by atoms with Gasteiger partial charge in [0.15, 0.2) is 0 Å². The second-order valence-electron chi connectivity index (χ2n) is 9.47. The number of benzene rings is 3. The number of aryl methyl sites for hydroxylation is 3. The molecule has 0 saturated heterocycles. The molecule has 4 heteroatoms. The van der Waals surface area contributed by atoms with Gasteiger partial charge < -0.3 is 9.47 Å². The summed E-state index contributed by atoms with van der Waals surface area (Å²) in [6, 6.07) is 20.6. The first-order valence-electron chi connectivity index (χ1n) is 15.6. The Bertz CT molecular complexity index is 1030. The van der Waals surface area contributed by atoms with E-state index in [1.165, 1.54) is 41.3 Å². The van der Waals surface area contributed by atoms with Crippen molar-refractivity contribution in [2.45, 2.75) is 102 Å². The monoisotopic (exact) mass is 614 g/mol. The third-order valence-electron chi connectivity index (χ3n) is 5.81. The Hall–Kier alpha value is -2.14. The molecule has 0 heterocycles. The van der Waals surface area contributed by atoms with E-state index in [0.717, 1.165) is 35.0 Å². The molecule has 1 aliphatic carbocycles. The van der Waals surface area contributed by atoms with E-state index in [0.29, 0.717) is 0 Å². The highest BCUT2D eigenvalue weighted by atomic mass is 31.0. The topological polar surface area (TPSA) is 18.5 Å². The van der Waals surface area contributed by atoms with E-state index in [9.17, 15) is 0 Å². The number of hydrogen-bond acceptors (Lipinski definition) is 2. The SMILES string of the molecule is CC.CC.CC/C=C1\CC1C.CCC.CCc1cccc(OC)c1-c1ccccc1OC.Cc1cc(C)cc(P)c1.P. The van der Waals surface area contributed by atoms with Crippen molar-refractivity contribution in [2.75, 3.05) is 14.2 Å². The molecule has 42 heavy (non-hydrogen) atoms. The van der Waals surface area contributed by atoms with E-state index in [4.69, 9.17) is 9.47 Å². The lowest BCUT2D eigenvalue weighted by atomic mass is 9.96. The fraction of sp³-hybridized carbons (Fsp3) is 0.474. The van der Waals surface area contributed by atoms with Crippen LogP contribution in [0.25, 0.3) is 11.1 Å². The van der Waals surface area contributed by atoms with Gasteiger partial charge in [0.05, 0.1) is 14.2 Å². The fourth-order valence-electron chi connectivity index (χ4n) is 4.05. The van der Waals surface area contributed by atoms with Crippen molar-refractivity contribution in [1.82, 2.24) is 0 Å². The van der Waals surface area contributed by atoms with Crippen LogP contribution in [0.15, 0.2) is 72.3 Å². The summed E-state index contributed by atoms with van der Waals surface area (Å²) < 4.78 is 10.9. The first-order valence-corrected chi connectivity index (χ1v) is 16.2. The van der Waals surface area contributed by atoms with Gasteiger partial charge in [-0.3, -0.25) is 0 Å². The Balaban J connectivity index is -0.000000533. The van der Waals surface area contributed by atoms with Crippen LogP contribution in [0.4, 0.5) is 0 Å². The Labute approximate surface area is 266 Å². The maximum Gasteiger partial charge on any atom is 0.127 e. The van der Waals surface area contributed by atoms with Crippen LogP contribution in [0.5, 0.6) is 11.5 Å². The van der Waals surface area contributed by atoms with Crippen LogP contribution in [0.1, 0.15) is 98.3 Å². The van der Waals surface area contributed by atoms with Gasteiger partial charge in [-0.25, -0.2) is 0 Å². The lowest BCUT2D eigenvalue weighted by Crippen LogP contribution is -1.95. The second kappa shape index (κ2) is 27.7. The van der Waals surface area contributed by atoms with Gasteiger partial charge in [-0.2, -0.15) is 9.90 Å². The summed E-state index contributed by atoms with van der Waals surface area (Å²) in [7, 11) is 6.09. The molecule has 1 aliphatic rings. The molecular formula is C38H64O2P2. The van der Waals surface area contributed by atoms with Gasteiger partial charge in [0, 0.05) is 11.1 Å². The smallest absolute Gasteiger partial charge is 0.127 e. The van der Waals surface area contributed by atoms with E-state index >= 15 is 0 Å². The fourth-order valence-corrected chi connectivity index (χ4v) is 4.58. The molecule has 0 aromatic heterocycles. The van der Waals surface area contributed by atoms with Crippen LogP contribution < -0.4 is 14.8 Å². The number of para-hydroxylation sites is 1. The zero-order chi connectivity index (χ0) is 31.8. The van der Waals surface area contributed by atoms with E-state index in [1.807, 2.05) is 58.0 Å². The van der Waals surface area contributed by atoms with Crippen molar-refractivity contribution >= 4 is 24.4 Å². The predicted octanol–water partition coefficient (Wildman–Crippen LogP) is 11.6. The van der Waals surface area contributed by atoms with Gasteiger partial charge in [0.2, 0.25) is 0 Å². The highest BCUT2D eigenvalue weighted by Gasteiger charge is 2.22. The van der Waals surface area contributed by atoms with Crippen LogP contribution in [0.2, 0.25) is 0 Å². The molecule has 0 aliphatic heterocycles. The molecule has 3 aromatic carbocycles. The molecule has 1 fully saturated rings. The van der Waals surface area contributed by atoms with Crippen molar-refractivity contribution in [1.29, 1.82) is 0 Å². The Kier molecular flexibility index (Phi) is 29.2. The average Bonchev–Trinajstić information content (AvgIpc) is 3.69. The normalized spacial score (nSPS) is 12.8. The van der Waals surface area contributed by atoms with E-state index in [2.05, 4.69) is 94.1 Å². The molecule has 2 nitrogen and oxygen atoms in total. The summed E-state index contributed by atoms with van der Waals surface area (Å²) in [5.41, 5.74) is 7.80. The van der Waals surface area contributed by atoms with Crippen LogP contribution >= 0.6 is 19.1 Å². The van der Waals surface area contributed by atoms with Crippen molar-refractivity contribution in [3.8, 4) is 22.6 Å². The largest absolute Gasteiger partial charge is 0.496 e. The molecular weight excluding hydrogens is 550 g/mol. The van der Waals surface area contributed by atoms with Crippen molar-refractivity contribution in [3.05, 3.63) is 89.0 Å². The Morgan fingerprint density at radius 1 is 0.786 bits per heavy atom. The third kappa shape index (κ3) is 17.7. The zero-order valence-electron chi connectivity index (χ0n) is 29.4. The Morgan fingerprint density at radius 2 is 1.26 bits per heavy atom. The first-order chi connectivity index (χ1) is 19.8. The molecule has 238 valence electrons. The number of allylic oxidation sites excluding steroid dienone is 2. The van der Waals surface area contributed by atoms with Crippen molar-refractivity contribution in [3.63, 3.8) is 0 Å². The van der Waals surface area contributed by atoms with Crippen LogP contribution in [-0.4, -0.2) is 14.2 Å². The summed E-state index contributed by atoms with van der Waals surface area (Å²) in [6.07, 6.45) is 7.14. The summed E-state index contributed by atoms with van der Waals surface area (Å²) in [4.78, 5) is 0. The molecule has 3 unspecified atom stereocenters. The Morgan fingerprint density at radius 3 is 1.64 bits per heavy atom. The predicted molar refractivity (Wildman–Crippen MR) is 202 cm³/mol. The van der Waals surface area contributed by atoms with Gasteiger partial charge in [-0.15, -0.1) is 9.24 Å². The number of methoxy groups -OCH3 is 2. The highest BCUT2D eigenvalue weighted by molar-refractivity contribution is 7.27. The van der Waals surface area contributed by atoms with Crippen LogP contribution in [-0.2, 0) is 6.42 Å². The second-order valence-corrected chi connectivity index (χ2v) is 10.1. The van der Waals surface area contributed by atoms with E-state index in [1.54, 1.807) is 19.8 Å². The molecule has 0 radical (unpaired) electrons. The van der Waals surface area contributed by atoms with E-state index in [-0.39, 0.29) is 9.90 Å². The van der Waals surface area contributed by atoms with Gasteiger partial charge in [0.1, 0.15) is 11.5 Å². The highest BCUT2D eigenvalue weighted by Crippen LogP contribution is 2.39. The first kappa shape index (κ1) is 44.3. The lowest BCUT2D eigenvalue weighted by molar-refractivity contribution is 0.410. The average molecular weight is 615 g/mol. The standard InChI is InChI=1S/C16H18O2.C8H11P.C7H12.C3H8.2C2H6.H3P/c1-4-12-8-7-11-15(18-3)16(12)13-9-5-6-10-14(13)17-2;1-6-3-7(2)5-8(9)4-6;1-3-4-7-5-6(7)2;1-3-2;2*1-2;/h5-11H,4H2,1-3H3;3-5H,9H2,1-2H3;4,6H,3,5H2,1-2H3;3H2,1-2H3;2*1-2H3;1H3/b;;7-4+;;;;. The summed E-state index contributed by atoms with van der Waals surface area (Å²) in [6.45, 7) is 23.1. The number of rotatable bonds is 5. The van der Waals surface area contributed by atoms with Crippen LogP contribution in [0.3, 0.4) is 0 Å². The molecule has 0 spiro atoms. The minimum absolute atomic E-state index is 0. The van der Waals surface area contributed by atoms with Gasteiger partial charge >= 0.3 is 0 Å². The maximum absolute atomic E-state index is 5.49. The summed E-state index contributed by atoms with van der Waals surface area (Å²) >= 11 is 0.